The molecule has 0 atom stereocenters. The number of hydrogen-bond donors (Lipinski definition) is 0. The monoisotopic (exact) mass is 203 g/mol. The highest BCUT2D eigenvalue weighted by Crippen LogP contribution is 2.19. The van der Waals surface area contributed by atoms with Crippen molar-refractivity contribution in [3.8, 4) is 5.69 Å². The van der Waals surface area contributed by atoms with Crippen molar-refractivity contribution < 1.29 is 0 Å². The molecule has 0 aliphatic carbocycles. The summed E-state index contributed by atoms with van der Waals surface area (Å²) in [4.78, 5) is 0. The molecule has 1 aromatic heterocycles. The van der Waals surface area contributed by atoms with Crippen LogP contribution in [0.25, 0.3) is 16.6 Å². The summed E-state index contributed by atoms with van der Waals surface area (Å²) in [6.07, 6.45) is 2.07. The second kappa shape index (κ2) is 3.56. The van der Waals surface area contributed by atoms with Gasteiger partial charge in [0.15, 0.2) is 0 Å². The van der Waals surface area contributed by atoms with Gasteiger partial charge < -0.3 is 4.57 Å². The molecule has 1 nitrogen and oxygen atoms in total. The van der Waals surface area contributed by atoms with E-state index in [1.165, 1.54) is 10.9 Å². The molecule has 3 rings (SSSR count). The molecule has 0 amide bonds. The Morgan fingerprint density at radius 2 is 1.75 bits per heavy atom. The molecule has 0 spiro atoms. The Kier molecular flexibility index (Phi) is 2.07. The van der Waals surface area contributed by atoms with Gasteiger partial charge >= 0.3 is 0 Å². The lowest BCUT2D eigenvalue weighted by atomic mass is 9.96. The molecule has 2 heteroatoms. The fourth-order valence-electron chi connectivity index (χ4n) is 1.98. The first-order chi connectivity index (χ1) is 7.84. The molecule has 0 aliphatic rings. The van der Waals surface area contributed by atoms with E-state index in [0.29, 0.717) is 0 Å². The summed E-state index contributed by atoms with van der Waals surface area (Å²) in [5, 5.41) is 1.24. The zero-order chi connectivity index (χ0) is 11.0. The van der Waals surface area contributed by atoms with Crippen LogP contribution in [-0.2, 0) is 0 Å². The van der Waals surface area contributed by atoms with E-state index >= 15 is 0 Å². The van der Waals surface area contributed by atoms with Crippen molar-refractivity contribution in [3.05, 3.63) is 60.8 Å². The maximum Gasteiger partial charge on any atom is 0.113 e. The molecule has 16 heavy (non-hydrogen) atoms. The minimum absolute atomic E-state index is 0.787. The summed E-state index contributed by atoms with van der Waals surface area (Å²) in [7, 11) is 5.80. The molecule has 2 radical (unpaired) electrons. The fraction of sp³-hybridized carbons (Fsp3) is 0. The van der Waals surface area contributed by atoms with E-state index in [1.807, 2.05) is 30.3 Å². The molecule has 0 saturated carbocycles. The van der Waals surface area contributed by atoms with E-state index in [-0.39, 0.29) is 0 Å². The molecule has 0 saturated heterocycles. The second-order valence-corrected chi connectivity index (χ2v) is 3.84. The van der Waals surface area contributed by atoms with Crippen molar-refractivity contribution in [3.63, 3.8) is 0 Å². The van der Waals surface area contributed by atoms with Crippen LogP contribution in [0.3, 0.4) is 0 Å². The molecule has 0 fully saturated rings. The molecule has 0 N–H and O–H groups in total. The van der Waals surface area contributed by atoms with Gasteiger partial charge in [-0.15, -0.1) is 0 Å². The molecule has 3 aromatic rings. The van der Waals surface area contributed by atoms with Gasteiger partial charge in [-0.05, 0) is 29.7 Å². The first-order valence-electron chi connectivity index (χ1n) is 5.26. The number of rotatable bonds is 1. The molecular formula is C14H10BN. The third-order valence-electron chi connectivity index (χ3n) is 2.75. The number of benzene rings is 2. The Bertz CT molecular complexity index is 640. The normalized spacial score (nSPS) is 10.8. The van der Waals surface area contributed by atoms with E-state index in [4.69, 9.17) is 7.85 Å². The number of hydrogen-bond acceptors (Lipinski definition) is 0. The Labute approximate surface area is 95.7 Å². The van der Waals surface area contributed by atoms with Crippen LogP contribution in [0.2, 0.25) is 0 Å². The standard InChI is InChI=1S/C14H10BN/c15-12-5-3-6-13(10-12)16-9-8-11-4-1-2-7-14(11)16/h1-10H. The quantitative estimate of drug-likeness (QED) is 0.535. The smallest absolute Gasteiger partial charge is 0.113 e. The van der Waals surface area contributed by atoms with E-state index in [2.05, 4.69) is 35.0 Å². The zero-order valence-corrected chi connectivity index (χ0v) is 8.80. The Morgan fingerprint density at radius 1 is 0.875 bits per heavy atom. The lowest BCUT2D eigenvalue weighted by molar-refractivity contribution is 1.13. The van der Waals surface area contributed by atoms with Crippen molar-refractivity contribution in [1.29, 1.82) is 0 Å². The van der Waals surface area contributed by atoms with Crippen molar-refractivity contribution in [2.75, 3.05) is 0 Å². The summed E-state index contributed by atoms with van der Waals surface area (Å²) in [5.41, 5.74) is 3.09. The Hall–Kier alpha value is -1.96. The van der Waals surface area contributed by atoms with Crippen molar-refractivity contribution in [1.82, 2.24) is 4.57 Å². The van der Waals surface area contributed by atoms with Gasteiger partial charge in [0.1, 0.15) is 7.85 Å². The van der Waals surface area contributed by atoms with E-state index in [1.54, 1.807) is 0 Å². The van der Waals surface area contributed by atoms with E-state index in [9.17, 15) is 0 Å². The average molecular weight is 203 g/mol. The van der Waals surface area contributed by atoms with Crippen LogP contribution in [0, 0.1) is 0 Å². The number of nitrogens with zero attached hydrogens (tertiary/aromatic N) is 1. The van der Waals surface area contributed by atoms with Gasteiger partial charge in [-0.25, -0.2) is 0 Å². The topological polar surface area (TPSA) is 4.93 Å². The molecule has 2 aromatic carbocycles. The van der Waals surface area contributed by atoms with Crippen LogP contribution in [0.15, 0.2) is 60.8 Å². The SMILES string of the molecule is [B]c1cccc(-n2ccc3ccccc32)c1. The van der Waals surface area contributed by atoms with Gasteiger partial charge in [0.05, 0.1) is 5.52 Å². The highest BCUT2D eigenvalue weighted by Gasteiger charge is 2.01. The summed E-state index contributed by atoms with van der Waals surface area (Å²) >= 11 is 0. The average Bonchev–Trinajstić information content (AvgIpc) is 2.72. The second-order valence-electron chi connectivity index (χ2n) is 3.84. The van der Waals surface area contributed by atoms with Gasteiger partial charge in [-0.1, -0.05) is 35.8 Å². The molecule has 74 valence electrons. The van der Waals surface area contributed by atoms with Gasteiger partial charge in [-0.3, -0.25) is 0 Å². The lowest BCUT2D eigenvalue weighted by Gasteiger charge is -2.06. The highest BCUT2D eigenvalue weighted by atomic mass is 15.0. The molecule has 0 aliphatic heterocycles. The van der Waals surface area contributed by atoms with Crippen molar-refractivity contribution >= 4 is 24.2 Å². The van der Waals surface area contributed by atoms with Crippen LogP contribution in [-0.4, -0.2) is 12.4 Å². The first-order valence-corrected chi connectivity index (χ1v) is 5.26. The number of aromatic nitrogens is 1. The maximum absolute atomic E-state index is 5.80. The Morgan fingerprint density at radius 3 is 2.62 bits per heavy atom. The van der Waals surface area contributed by atoms with Crippen LogP contribution in [0.4, 0.5) is 0 Å². The minimum Gasteiger partial charge on any atom is -0.317 e. The third-order valence-corrected chi connectivity index (χ3v) is 2.75. The lowest BCUT2D eigenvalue weighted by Crippen LogP contribution is -2.03. The number of para-hydroxylation sites is 1. The van der Waals surface area contributed by atoms with E-state index < -0.39 is 0 Å². The van der Waals surface area contributed by atoms with Crippen LogP contribution >= 0.6 is 0 Å². The Balaban J connectivity index is 2.26. The van der Waals surface area contributed by atoms with Crippen LogP contribution in [0.5, 0.6) is 0 Å². The predicted octanol–water partition coefficient (Wildman–Crippen LogP) is 2.42. The van der Waals surface area contributed by atoms with E-state index in [0.717, 1.165) is 11.2 Å². The van der Waals surface area contributed by atoms with Gasteiger partial charge in [0, 0.05) is 11.9 Å². The third kappa shape index (κ3) is 1.43. The minimum atomic E-state index is 0.787. The predicted molar refractivity (Wildman–Crippen MR) is 68.7 cm³/mol. The first kappa shape index (κ1) is 9.28. The van der Waals surface area contributed by atoms with Crippen LogP contribution in [0.1, 0.15) is 0 Å². The highest BCUT2D eigenvalue weighted by molar-refractivity contribution is 6.32. The van der Waals surface area contributed by atoms with Gasteiger partial charge in [-0.2, -0.15) is 0 Å². The summed E-state index contributed by atoms with van der Waals surface area (Å²) in [6.45, 7) is 0. The zero-order valence-electron chi connectivity index (χ0n) is 8.80. The summed E-state index contributed by atoms with van der Waals surface area (Å²) < 4.78 is 2.14. The van der Waals surface area contributed by atoms with Gasteiger partial charge in [0.25, 0.3) is 0 Å². The van der Waals surface area contributed by atoms with Gasteiger partial charge in [0.2, 0.25) is 0 Å². The summed E-state index contributed by atoms with van der Waals surface area (Å²) in [5.74, 6) is 0. The summed E-state index contributed by atoms with van der Waals surface area (Å²) in [6, 6.07) is 18.3. The van der Waals surface area contributed by atoms with Crippen LogP contribution < -0.4 is 5.46 Å². The fourth-order valence-corrected chi connectivity index (χ4v) is 1.98. The molecule has 1 heterocycles. The molecular weight excluding hydrogens is 193 g/mol. The molecule has 0 bridgehead atoms. The maximum atomic E-state index is 5.80. The largest absolute Gasteiger partial charge is 0.317 e. The van der Waals surface area contributed by atoms with Crippen molar-refractivity contribution in [2.24, 2.45) is 0 Å². The molecule has 0 unspecified atom stereocenters. The van der Waals surface area contributed by atoms with Crippen molar-refractivity contribution in [2.45, 2.75) is 0 Å². The number of fused-ring (bicyclic) bond motifs is 1.